The van der Waals surface area contributed by atoms with Gasteiger partial charge in [-0.05, 0) is 6.07 Å². The van der Waals surface area contributed by atoms with Crippen LogP contribution in [0.1, 0.15) is 5.69 Å². The lowest BCUT2D eigenvalue weighted by Gasteiger charge is -2.02. The Balaban J connectivity index is 2.46. The average molecular weight is 190 g/mol. The van der Waals surface area contributed by atoms with Gasteiger partial charge in [0.2, 0.25) is 0 Å². The molecule has 0 bridgehead atoms. The second-order valence-electron chi connectivity index (χ2n) is 2.91. The number of rotatable bonds is 2. The van der Waals surface area contributed by atoms with Gasteiger partial charge in [-0.1, -0.05) is 0 Å². The molecule has 0 aliphatic rings. The number of nitrogens with zero attached hydrogens (tertiary/aromatic N) is 1. The van der Waals surface area contributed by atoms with Gasteiger partial charge in [0.05, 0.1) is 18.2 Å². The van der Waals surface area contributed by atoms with Gasteiger partial charge in [0.25, 0.3) is 0 Å². The first kappa shape index (κ1) is 8.77. The summed E-state index contributed by atoms with van der Waals surface area (Å²) in [6, 6.07) is 3.32. The summed E-state index contributed by atoms with van der Waals surface area (Å²) >= 11 is 0. The molecule has 0 unspecified atom stereocenters. The predicted octanol–water partition coefficient (Wildman–Crippen LogP) is 1.51. The highest BCUT2D eigenvalue weighted by Gasteiger charge is 2.06. The fraction of sp³-hybridized carbons (Fsp3) is 0.100. The number of pyridine rings is 1. The van der Waals surface area contributed by atoms with Gasteiger partial charge in [-0.25, -0.2) is 0 Å². The molecule has 0 saturated carbocycles. The van der Waals surface area contributed by atoms with Gasteiger partial charge < -0.3 is 15.3 Å². The summed E-state index contributed by atoms with van der Waals surface area (Å²) in [7, 11) is 0. The second-order valence-corrected chi connectivity index (χ2v) is 2.91. The largest absolute Gasteiger partial charge is 0.507 e. The molecule has 72 valence electrons. The van der Waals surface area contributed by atoms with Crippen LogP contribution in [0.2, 0.25) is 0 Å². The molecule has 2 aromatic rings. The molecule has 0 fully saturated rings. The summed E-state index contributed by atoms with van der Waals surface area (Å²) in [5, 5.41) is 9.66. The standard InChI is InChI=1S/C10H10N2O2/c11-4-8-3-10(13)9(5-12-8)7-1-2-14-6-7/h1-3,5-6H,4,11H2,(H,12,13). The van der Waals surface area contributed by atoms with Crippen molar-refractivity contribution in [3.63, 3.8) is 0 Å². The third-order valence-corrected chi connectivity index (χ3v) is 1.98. The van der Waals surface area contributed by atoms with E-state index in [1.54, 1.807) is 30.9 Å². The summed E-state index contributed by atoms with van der Waals surface area (Å²) in [4.78, 5) is 4.09. The van der Waals surface area contributed by atoms with E-state index in [9.17, 15) is 5.11 Å². The number of furan rings is 1. The van der Waals surface area contributed by atoms with E-state index in [2.05, 4.69) is 4.98 Å². The molecular formula is C10H10N2O2. The molecule has 0 radical (unpaired) electrons. The second kappa shape index (κ2) is 3.51. The maximum atomic E-state index is 9.66. The van der Waals surface area contributed by atoms with E-state index in [0.717, 1.165) is 5.56 Å². The lowest BCUT2D eigenvalue weighted by atomic mass is 10.1. The maximum Gasteiger partial charge on any atom is 0.126 e. The fourth-order valence-corrected chi connectivity index (χ4v) is 1.24. The Morgan fingerprint density at radius 2 is 2.36 bits per heavy atom. The predicted molar refractivity (Wildman–Crippen MR) is 51.5 cm³/mol. The van der Waals surface area contributed by atoms with Gasteiger partial charge in [-0.3, -0.25) is 4.98 Å². The molecule has 14 heavy (non-hydrogen) atoms. The van der Waals surface area contributed by atoms with Gasteiger partial charge in [0, 0.05) is 29.9 Å². The van der Waals surface area contributed by atoms with Crippen molar-refractivity contribution in [3.8, 4) is 16.9 Å². The first-order chi connectivity index (χ1) is 6.81. The van der Waals surface area contributed by atoms with E-state index in [4.69, 9.17) is 10.2 Å². The minimum absolute atomic E-state index is 0.168. The van der Waals surface area contributed by atoms with Gasteiger partial charge >= 0.3 is 0 Å². The molecule has 2 rings (SSSR count). The molecule has 0 amide bonds. The molecule has 0 spiro atoms. The van der Waals surface area contributed by atoms with Gasteiger partial charge in [-0.15, -0.1) is 0 Å². The van der Waals surface area contributed by atoms with Crippen molar-refractivity contribution < 1.29 is 9.52 Å². The van der Waals surface area contributed by atoms with Crippen LogP contribution in [0.5, 0.6) is 5.75 Å². The van der Waals surface area contributed by atoms with Crippen LogP contribution in [-0.2, 0) is 6.54 Å². The zero-order valence-electron chi connectivity index (χ0n) is 7.47. The van der Waals surface area contributed by atoms with Crippen molar-refractivity contribution in [1.82, 2.24) is 4.98 Å². The van der Waals surface area contributed by atoms with Gasteiger partial charge in [-0.2, -0.15) is 0 Å². The fourth-order valence-electron chi connectivity index (χ4n) is 1.24. The van der Waals surface area contributed by atoms with Crippen LogP contribution < -0.4 is 5.73 Å². The Kier molecular flexibility index (Phi) is 2.20. The van der Waals surface area contributed by atoms with E-state index in [1.807, 2.05) is 0 Å². The van der Waals surface area contributed by atoms with Crippen LogP contribution in [0.4, 0.5) is 0 Å². The summed E-state index contributed by atoms with van der Waals surface area (Å²) in [5.41, 5.74) is 7.51. The molecular weight excluding hydrogens is 180 g/mol. The highest BCUT2D eigenvalue weighted by atomic mass is 16.3. The Morgan fingerprint density at radius 1 is 1.50 bits per heavy atom. The topological polar surface area (TPSA) is 72.3 Å². The van der Waals surface area contributed by atoms with E-state index in [1.165, 1.54) is 0 Å². The number of nitrogens with two attached hydrogens (primary N) is 1. The molecule has 2 aromatic heterocycles. The van der Waals surface area contributed by atoms with Crippen molar-refractivity contribution in [2.75, 3.05) is 0 Å². The first-order valence-corrected chi connectivity index (χ1v) is 4.22. The number of hydrogen-bond donors (Lipinski definition) is 2. The Morgan fingerprint density at radius 3 is 2.93 bits per heavy atom. The van der Waals surface area contributed by atoms with Gasteiger partial charge in [0.1, 0.15) is 5.75 Å². The summed E-state index contributed by atoms with van der Waals surface area (Å²) in [5.74, 6) is 0.168. The zero-order valence-corrected chi connectivity index (χ0v) is 7.47. The molecule has 0 aliphatic heterocycles. The van der Waals surface area contributed by atoms with Crippen molar-refractivity contribution in [1.29, 1.82) is 0 Å². The van der Waals surface area contributed by atoms with E-state index in [0.29, 0.717) is 17.8 Å². The lowest BCUT2D eigenvalue weighted by molar-refractivity contribution is 0.475. The third-order valence-electron chi connectivity index (χ3n) is 1.98. The van der Waals surface area contributed by atoms with E-state index < -0.39 is 0 Å². The van der Waals surface area contributed by atoms with Crippen LogP contribution >= 0.6 is 0 Å². The van der Waals surface area contributed by atoms with Crippen molar-refractivity contribution in [2.24, 2.45) is 5.73 Å². The van der Waals surface area contributed by atoms with Crippen LogP contribution in [-0.4, -0.2) is 10.1 Å². The van der Waals surface area contributed by atoms with Crippen LogP contribution in [0.25, 0.3) is 11.1 Å². The summed E-state index contributed by atoms with van der Waals surface area (Å²) in [6.07, 6.45) is 4.69. The molecule has 0 atom stereocenters. The van der Waals surface area contributed by atoms with Crippen LogP contribution in [0, 0.1) is 0 Å². The Hall–Kier alpha value is -1.81. The lowest BCUT2D eigenvalue weighted by Crippen LogP contribution is -1.98. The molecule has 4 heteroatoms. The van der Waals surface area contributed by atoms with Crippen molar-refractivity contribution in [2.45, 2.75) is 6.54 Å². The van der Waals surface area contributed by atoms with Crippen molar-refractivity contribution >= 4 is 0 Å². The highest BCUT2D eigenvalue weighted by molar-refractivity contribution is 5.68. The highest BCUT2D eigenvalue weighted by Crippen LogP contribution is 2.28. The van der Waals surface area contributed by atoms with E-state index in [-0.39, 0.29) is 5.75 Å². The van der Waals surface area contributed by atoms with Crippen LogP contribution in [0.15, 0.2) is 35.3 Å². The smallest absolute Gasteiger partial charge is 0.126 e. The maximum absolute atomic E-state index is 9.66. The zero-order chi connectivity index (χ0) is 9.97. The molecule has 0 aliphatic carbocycles. The van der Waals surface area contributed by atoms with Crippen molar-refractivity contribution in [3.05, 3.63) is 36.5 Å². The molecule has 0 saturated heterocycles. The molecule has 0 aromatic carbocycles. The molecule has 2 heterocycles. The Labute approximate surface area is 81.0 Å². The SMILES string of the molecule is NCc1cc(O)c(-c2ccoc2)cn1. The first-order valence-electron chi connectivity index (χ1n) is 4.22. The summed E-state index contributed by atoms with van der Waals surface area (Å²) in [6.45, 7) is 0.319. The number of aromatic nitrogens is 1. The van der Waals surface area contributed by atoms with Crippen LogP contribution in [0.3, 0.4) is 0 Å². The van der Waals surface area contributed by atoms with Gasteiger partial charge in [0.15, 0.2) is 0 Å². The molecule has 3 N–H and O–H groups in total. The third kappa shape index (κ3) is 1.47. The van der Waals surface area contributed by atoms with E-state index >= 15 is 0 Å². The quantitative estimate of drug-likeness (QED) is 0.752. The Bertz CT molecular complexity index is 424. The minimum Gasteiger partial charge on any atom is -0.507 e. The molecule has 4 nitrogen and oxygen atoms in total. The number of hydrogen-bond acceptors (Lipinski definition) is 4. The number of aromatic hydroxyl groups is 1. The monoisotopic (exact) mass is 190 g/mol. The summed E-state index contributed by atoms with van der Waals surface area (Å²) < 4.78 is 4.92. The minimum atomic E-state index is 0.168. The normalized spacial score (nSPS) is 10.4. The average Bonchev–Trinajstić information content (AvgIpc) is 2.70.